The zero-order valence-electron chi connectivity index (χ0n) is 17.3. The number of aryl methyl sites for hydroxylation is 1. The van der Waals surface area contributed by atoms with Crippen LogP contribution in [-0.2, 0) is 11.2 Å². The molecule has 0 unspecified atom stereocenters. The van der Waals surface area contributed by atoms with Crippen molar-refractivity contribution in [1.82, 2.24) is 0 Å². The van der Waals surface area contributed by atoms with Crippen LogP contribution in [0.4, 0.5) is 0 Å². The quantitative estimate of drug-likeness (QED) is 0.443. The minimum Gasteiger partial charge on any atom is -0.295 e. The predicted octanol–water partition coefficient (Wildman–Crippen LogP) is 7.25. The molecule has 2 fully saturated rings. The smallest absolute Gasteiger partial charge is 0.155 e. The van der Waals surface area contributed by atoms with Crippen LogP contribution in [0.25, 0.3) is 0 Å². The summed E-state index contributed by atoms with van der Waals surface area (Å²) < 4.78 is 0. The number of hydrogen-bond donors (Lipinski definition) is 0. The zero-order valence-corrected chi connectivity index (χ0v) is 17.3. The Morgan fingerprint density at radius 2 is 1.56 bits per heavy atom. The highest BCUT2D eigenvalue weighted by atomic mass is 16.1. The van der Waals surface area contributed by atoms with E-state index in [2.05, 4.69) is 37.8 Å². The highest BCUT2D eigenvalue weighted by Gasteiger charge is 2.31. The molecule has 0 amide bonds. The van der Waals surface area contributed by atoms with E-state index in [1.54, 1.807) is 5.56 Å². The van der Waals surface area contributed by atoms with E-state index in [0.29, 0.717) is 6.42 Å². The predicted molar refractivity (Wildman–Crippen MR) is 115 cm³/mol. The second-order valence-electron chi connectivity index (χ2n) is 9.09. The Morgan fingerprint density at radius 1 is 0.963 bits per heavy atom. The molecule has 1 nitrogen and oxygen atoms in total. The average Bonchev–Trinajstić information content (AvgIpc) is 2.73. The van der Waals surface area contributed by atoms with Crippen molar-refractivity contribution in [3.05, 3.63) is 48.0 Å². The van der Waals surface area contributed by atoms with Gasteiger partial charge in [-0.1, -0.05) is 57.0 Å². The van der Waals surface area contributed by atoms with E-state index in [9.17, 15) is 4.79 Å². The highest BCUT2D eigenvalue weighted by molar-refractivity contribution is 5.88. The molecule has 0 spiro atoms. The monoisotopic (exact) mass is 366 g/mol. The van der Waals surface area contributed by atoms with Crippen LogP contribution < -0.4 is 0 Å². The Labute approximate surface area is 166 Å². The molecular weight excluding hydrogens is 328 g/mol. The molecule has 2 saturated carbocycles. The number of ketones is 1. The van der Waals surface area contributed by atoms with Crippen molar-refractivity contribution in [2.45, 2.75) is 89.9 Å². The van der Waals surface area contributed by atoms with Crippen LogP contribution in [-0.4, -0.2) is 5.78 Å². The van der Waals surface area contributed by atoms with Gasteiger partial charge < -0.3 is 0 Å². The molecule has 0 aromatic heterocycles. The first kappa shape index (κ1) is 20.4. The van der Waals surface area contributed by atoms with Crippen LogP contribution in [0.3, 0.4) is 0 Å². The lowest BCUT2D eigenvalue weighted by Gasteiger charge is -2.38. The van der Waals surface area contributed by atoms with Crippen LogP contribution in [0.5, 0.6) is 0 Å². The minimum atomic E-state index is 0.221. The second-order valence-corrected chi connectivity index (χ2v) is 9.09. The Hall–Kier alpha value is -1.37. The summed E-state index contributed by atoms with van der Waals surface area (Å²) in [6.07, 6.45) is 16.8. The molecule has 27 heavy (non-hydrogen) atoms. The molecule has 0 radical (unpaired) electrons. The summed E-state index contributed by atoms with van der Waals surface area (Å²) in [5, 5.41) is 0. The van der Waals surface area contributed by atoms with Crippen molar-refractivity contribution < 1.29 is 4.79 Å². The number of allylic oxidation sites excluding steroid dienone is 1. The number of carbonyl (C=O) groups excluding carboxylic acids is 1. The van der Waals surface area contributed by atoms with Gasteiger partial charge in [0.15, 0.2) is 5.78 Å². The molecular formula is C26H38O. The molecule has 0 bridgehead atoms. The SMILES string of the molecule is C=CC(=O)CCC1CCC(C2CCC(c3ccc(CCC)cc3)CC2)CC1. The summed E-state index contributed by atoms with van der Waals surface area (Å²) in [5.74, 6) is 3.69. The first-order chi connectivity index (χ1) is 13.2. The summed E-state index contributed by atoms with van der Waals surface area (Å²) in [6, 6.07) is 9.49. The van der Waals surface area contributed by atoms with Gasteiger partial charge in [-0.25, -0.2) is 0 Å². The fourth-order valence-corrected chi connectivity index (χ4v) is 5.57. The van der Waals surface area contributed by atoms with E-state index >= 15 is 0 Å². The largest absolute Gasteiger partial charge is 0.295 e. The summed E-state index contributed by atoms with van der Waals surface area (Å²) >= 11 is 0. The fourth-order valence-electron chi connectivity index (χ4n) is 5.57. The van der Waals surface area contributed by atoms with E-state index in [1.807, 2.05) is 0 Å². The van der Waals surface area contributed by atoms with Gasteiger partial charge in [0.25, 0.3) is 0 Å². The molecule has 1 aromatic carbocycles. The summed E-state index contributed by atoms with van der Waals surface area (Å²) in [7, 11) is 0. The Morgan fingerprint density at radius 3 is 2.11 bits per heavy atom. The van der Waals surface area contributed by atoms with Crippen molar-refractivity contribution in [2.75, 3.05) is 0 Å². The molecule has 1 heteroatoms. The van der Waals surface area contributed by atoms with Crippen molar-refractivity contribution in [2.24, 2.45) is 17.8 Å². The van der Waals surface area contributed by atoms with Gasteiger partial charge >= 0.3 is 0 Å². The second kappa shape index (κ2) is 10.2. The van der Waals surface area contributed by atoms with Crippen LogP contribution in [0.1, 0.15) is 94.6 Å². The summed E-state index contributed by atoms with van der Waals surface area (Å²) in [5.41, 5.74) is 3.06. The molecule has 0 N–H and O–H groups in total. The van der Waals surface area contributed by atoms with Crippen LogP contribution in [0.15, 0.2) is 36.9 Å². The third-order valence-corrected chi connectivity index (χ3v) is 7.35. The number of rotatable bonds is 8. The molecule has 1 aromatic rings. The zero-order chi connectivity index (χ0) is 19.1. The maximum atomic E-state index is 11.4. The molecule has 3 rings (SSSR count). The Bertz CT molecular complexity index is 583. The molecule has 2 aliphatic rings. The Balaban J connectivity index is 1.40. The number of benzene rings is 1. The lowest BCUT2D eigenvalue weighted by Crippen LogP contribution is -2.25. The van der Waals surface area contributed by atoms with Gasteiger partial charge in [-0.2, -0.15) is 0 Å². The van der Waals surface area contributed by atoms with Crippen molar-refractivity contribution in [3.8, 4) is 0 Å². The first-order valence-electron chi connectivity index (χ1n) is 11.4. The molecule has 2 aliphatic carbocycles. The number of hydrogen-bond acceptors (Lipinski definition) is 1. The van der Waals surface area contributed by atoms with Gasteiger partial charge in [0.1, 0.15) is 0 Å². The molecule has 148 valence electrons. The topological polar surface area (TPSA) is 17.1 Å². The number of carbonyl (C=O) groups is 1. The summed E-state index contributed by atoms with van der Waals surface area (Å²) in [6.45, 7) is 5.84. The third kappa shape index (κ3) is 5.80. The van der Waals surface area contributed by atoms with Gasteiger partial charge in [0.2, 0.25) is 0 Å². The normalized spacial score (nSPS) is 28.6. The lowest BCUT2D eigenvalue weighted by atomic mass is 9.68. The van der Waals surface area contributed by atoms with Crippen molar-refractivity contribution in [1.29, 1.82) is 0 Å². The summed E-state index contributed by atoms with van der Waals surface area (Å²) in [4.78, 5) is 11.4. The van der Waals surface area contributed by atoms with Gasteiger partial charge in [-0.05, 0) is 92.2 Å². The highest BCUT2D eigenvalue weighted by Crippen LogP contribution is 2.44. The molecule has 0 heterocycles. The van der Waals surface area contributed by atoms with Gasteiger partial charge in [-0.3, -0.25) is 4.79 Å². The fraction of sp³-hybridized carbons (Fsp3) is 0.654. The first-order valence-corrected chi connectivity index (χ1v) is 11.4. The Kier molecular flexibility index (Phi) is 7.73. The van der Waals surface area contributed by atoms with E-state index in [0.717, 1.165) is 30.1 Å². The van der Waals surface area contributed by atoms with Crippen LogP contribution in [0.2, 0.25) is 0 Å². The molecule has 0 atom stereocenters. The molecule has 0 saturated heterocycles. The standard InChI is InChI=1S/C26H38O/c1-3-5-20-6-11-22(12-7-20)24-15-17-25(18-16-24)23-13-8-21(9-14-23)10-19-26(27)4-2/h4,6-7,11-12,21,23-25H,2-3,5,8-10,13-19H2,1H3. The van der Waals surface area contributed by atoms with Gasteiger partial charge in [-0.15, -0.1) is 0 Å². The van der Waals surface area contributed by atoms with Crippen LogP contribution >= 0.6 is 0 Å². The average molecular weight is 367 g/mol. The van der Waals surface area contributed by atoms with E-state index in [4.69, 9.17) is 0 Å². The van der Waals surface area contributed by atoms with E-state index in [1.165, 1.54) is 75.8 Å². The van der Waals surface area contributed by atoms with Crippen LogP contribution in [0, 0.1) is 17.8 Å². The minimum absolute atomic E-state index is 0.221. The maximum absolute atomic E-state index is 11.4. The van der Waals surface area contributed by atoms with Gasteiger partial charge in [0, 0.05) is 6.42 Å². The molecule has 0 aliphatic heterocycles. The lowest BCUT2D eigenvalue weighted by molar-refractivity contribution is -0.114. The van der Waals surface area contributed by atoms with Gasteiger partial charge in [0.05, 0.1) is 0 Å². The van der Waals surface area contributed by atoms with E-state index in [-0.39, 0.29) is 5.78 Å². The van der Waals surface area contributed by atoms with Crippen molar-refractivity contribution >= 4 is 5.78 Å². The maximum Gasteiger partial charge on any atom is 0.155 e. The van der Waals surface area contributed by atoms with E-state index < -0.39 is 0 Å². The third-order valence-electron chi connectivity index (χ3n) is 7.35. The van der Waals surface area contributed by atoms with Crippen molar-refractivity contribution in [3.63, 3.8) is 0 Å².